The van der Waals surface area contributed by atoms with Crippen LogP contribution in [0.3, 0.4) is 0 Å². The summed E-state index contributed by atoms with van der Waals surface area (Å²) in [6.45, 7) is 3.26. The third-order valence-electron chi connectivity index (χ3n) is 2.83. The first-order valence-electron chi connectivity index (χ1n) is 5.42. The van der Waals surface area contributed by atoms with Crippen molar-refractivity contribution in [1.29, 1.82) is 0 Å². The molecule has 0 radical (unpaired) electrons. The molecule has 1 aliphatic rings. The number of piperazine rings is 1. The Labute approximate surface area is 93.7 Å². The van der Waals surface area contributed by atoms with Crippen LogP contribution in [0.4, 0.5) is 0 Å². The maximum absolute atomic E-state index is 11.2. The van der Waals surface area contributed by atoms with Gasteiger partial charge in [-0.05, 0) is 0 Å². The minimum Gasteiger partial charge on any atom is -0.480 e. The zero-order chi connectivity index (χ0) is 11.4. The van der Waals surface area contributed by atoms with Gasteiger partial charge in [-0.3, -0.25) is 9.69 Å². The molecule has 88 valence electrons. The molecule has 1 saturated heterocycles. The van der Waals surface area contributed by atoms with Crippen LogP contribution >= 0.6 is 0 Å². The van der Waals surface area contributed by atoms with Crippen LogP contribution in [0.2, 0.25) is 0 Å². The van der Waals surface area contributed by atoms with Crippen LogP contribution in [-0.4, -0.2) is 58.2 Å². The quantitative estimate of drug-likeness (QED) is 0.631. The third-order valence-corrected chi connectivity index (χ3v) is 2.83. The van der Waals surface area contributed by atoms with Gasteiger partial charge in [0, 0.05) is 38.8 Å². The Morgan fingerprint density at radius 2 is 2.31 bits per heavy atom. The zero-order valence-corrected chi connectivity index (χ0v) is 9.02. The molecule has 0 bridgehead atoms. The number of aliphatic carboxylic acids is 1. The number of carboxylic acid groups (broad SMARTS) is 1. The van der Waals surface area contributed by atoms with E-state index in [0.717, 1.165) is 31.9 Å². The Balaban J connectivity index is 2.01. The predicted octanol–water partition coefficient (Wildman–Crippen LogP) is -0.689. The van der Waals surface area contributed by atoms with E-state index in [1.165, 1.54) is 0 Å². The number of aromatic amines is 1. The van der Waals surface area contributed by atoms with E-state index in [1.54, 1.807) is 12.5 Å². The lowest BCUT2D eigenvalue weighted by Gasteiger charge is -2.32. The highest BCUT2D eigenvalue weighted by Gasteiger charge is 2.27. The first-order chi connectivity index (χ1) is 7.77. The smallest absolute Gasteiger partial charge is 0.321 e. The molecule has 3 N–H and O–H groups in total. The first-order valence-corrected chi connectivity index (χ1v) is 5.42. The Morgan fingerprint density at radius 3 is 2.88 bits per heavy atom. The average molecular weight is 224 g/mol. The lowest BCUT2D eigenvalue weighted by Crippen LogP contribution is -2.52. The number of hydrogen-bond acceptors (Lipinski definition) is 4. The fourth-order valence-electron chi connectivity index (χ4n) is 1.97. The van der Waals surface area contributed by atoms with E-state index >= 15 is 0 Å². The Morgan fingerprint density at radius 1 is 1.56 bits per heavy atom. The van der Waals surface area contributed by atoms with Crippen LogP contribution in [-0.2, 0) is 11.2 Å². The molecule has 0 amide bonds. The number of rotatable bonds is 4. The molecule has 1 atom stereocenters. The Bertz CT molecular complexity index is 333. The van der Waals surface area contributed by atoms with E-state index in [-0.39, 0.29) is 0 Å². The van der Waals surface area contributed by atoms with E-state index in [2.05, 4.69) is 15.3 Å². The fourth-order valence-corrected chi connectivity index (χ4v) is 1.97. The topological polar surface area (TPSA) is 81.2 Å². The van der Waals surface area contributed by atoms with E-state index in [4.69, 9.17) is 0 Å². The van der Waals surface area contributed by atoms with E-state index in [9.17, 15) is 9.90 Å². The van der Waals surface area contributed by atoms with Crippen molar-refractivity contribution in [3.8, 4) is 0 Å². The van der Waals surface area contributed by atoms with Gasteiger partial charge in [-0.1, -0.05) is 0 Å². The van der Waals surface area contributed by atoms with Gasteiger partial charge in [-0.25, -0.2) is 4.98 Å². The number of nitrogens with zero attached hydrogens (tertiary/aromatic N) is 2. The minimum atomic E-state index is -0.773. The maximum atomic E-state index is 11.2. The van der Waals surface area contributed by atoms with Gasteiger partial charge in [0.25, 0.3) is 0 Å². The molecule has 0 aliphatic carbocycles. The molecule has 16 heavy (non-hydrogen) atoms. The normalized spacial score (nSPS) is 19.5. The van der Waals surface area contributed by atoms with Gasteiger partial charge < -0.3 is 15.4 Å². The molecule has 1 aromatic rings. The van der Waals surface area contributed by atoms with Crippen LogP contribution in [0.1, 0.15) is 5.69 Å². The molecule has 0 saturated carbocycles. The number of H-pyrrole nitrogens is 1. The van der Waals surface area contributed by atoms with Crippen LogP contribution in [0.25, 0.3) is 0 Å². The predicted molar refractivity (Wildman–Crippen MR) is 58.2 cm³/mol. The lowest BCUT2D eigenvalue weighted by atomic mass is 10.1. The summed E-state index contributed by atoms with van der Waals surface area (Å²) in [5, 5.41) is 12.4. The molecule has 1 fully saturated rings. The molecular weight excluding hydrogens is 208 g/mol. The van der Waals surface area contributed by atoms with Gasteiger partial charge in [-0.2, -0.15) is 0 Å². The fraction of sp³-hybridized carbons (Fsp3) is 0.600. The van der Waals surface area contributed by atoms with E-state index in [0.29, 0.717) is 6.42 Å². The van der Waals surface area contributed by atoms with E-state index in [1.807, 2.05) is 4.90 Å². The second-order valence-corrected chi connectivity index (χ2v) is 3.90. The van der Waals surface area contributed by atoms with Crippen molar-refractivity contribution in [2.75, 3.05) is 26.2 Å². The summed E-state index contributed by atoms with van der Waals surface area (Å²) in [4.78, 5) is 20.1. The highest BCUT2D eigenvalue weighted by Crippen LogP contribution is 2.08. The molecule has 1 aliphatic heterocycles. The number of aromatic nitrogens is 2. The van der Waals surface area contributed by atoms with Crippen molar-refractivity contribution < 1.29 is 9.90 Å². The standard InChI is InChI=1S/C10H16N4O2/c15-10(16)9(5-8-6-12-7-13-8)14-3-1-11-2-4-14/h6-7,9,11H,1-5H2,(H,12,13)(H,15,16). The Kier molecular flexibility index (Phi) is 3.53. The molecule has 1 unspecified atom stereocenters. The van der Waals surface area contributed by atoms with Crippen molar-refractivity contribution in [2.24, 2.45) is 0 Å². The number of nitrogens with one attached hydrogen (secondary N) is 2. The molecular formula is C10H16N4O2. The third kappa shape index (κ3) is 2.59. The molecule has 0 spiro atoms. The number of carbonyl (C=O) groups is 1. The molecule has 2 heterocycles. The van der Waals surface area contributed by atoms with Gasteiger partial charge >= 0.3 is 5.97 Å². The first kappa shape index (κ1) is 11.1. The maximum Gasteiger partial charge on any atom is 0.321 e. The summed E-state index contributed by atoms with van der Waals surface area (Å²) in [5.41, 5.74) is 0.797. The average Bonchev–Trinajstić information content (AvgIpc) is 2.79. The van der Waals surface area contributed by atoms with Gasteiger partial charge in [0.15, 0.2) is 0 Å². The van der Waals surface area contributed by atoms with Gasteiger partial charge in [0.05, 0.1) is 12.0 Å². The Hall–Kier alpha value is -1.40. The summed E-state index contributed by atoms with van der Waals surface area (Å²) < 4.78 is 0. The van der Waals surface area contributed by atoms with Crippen LogP contribution in [0, 0.1) is 0 Å². The summed E-state index contributed by atoms with van der Waals surface area (Å²) in [7, 11) is 0. The second-order valence-electron chi connectivity index (χ2n) is 3.90. The highest BCUT2D eigenvalue weighted by atomic mass is 16.4. The molecule has 0 aromatic carbocycles. The van der Waals surface area contributed by atoms with Crippen LogP contribution < -0.4 is 5.32 Å². The number of imidazole rings is 1. The largest absolute Gasteiger partial charge is 0.480 e. The molecule has 6 nitrogen and oxygen atoms in total. The summed E-state index contributed by atoms with van der Waals surface area (Å²) in [6, 6.07) is -0.467. The van der Waals surface area contributed by atoms with Gasteiger partial charge in [0.1, 0.15) is 6.04 Å². The monoisotopic (exact) mass is 224 g/mol. The van der Waals surface area contributed by atoms with Gasteiger partial charge in [0.2, 0.25) is 0 Å². The summed E-state index contributed by atoms with van der Waals surface area (Å²) in [6.07, 6.45) is 3.78. The SMILES string of the molecule is O=C(O)C(Cc1c[nH]cn1)N1CCNCC1. The van der Waals surface area contributed by atoms with E-state index < -0.39 is 12.0 Å². The number of hydrogen-bond donors (Lipinski definition) is 3. The van der Waals surface area contributed by atoms with Crippen LogP contribution in [0.15, 0.2) is 12.5 Å². The van der Waals surface area contributed by atoms with Crippen molar-refractivity contribution >= 4 is 5.97 Å². The number of carboxylic acids is 1. The van der Waals surface area contributed by atoms with Gasteiger partial charge in [-0.15, -0.1) is 0 Å². The molecule has 1 aromatic heterocycles. The second kappa shape index (κ2) is 5.09. The lowest BCUT2D eigenvalue weighted by molar-refractivity contribution is -0.143. The van der Waals surface area contributed by atoms with Crippen LogP contribution in [0.5, 0.6) is 0 Å². The summed E-state index contributed by atoms with van der Waals surface area (Å²) >= 11 is 0. The molecule has 6 heteroatoms. The minimum absolute atomic E-state index is 0.457. The zero-order valence-electron chi connectivity index (χ0n) is 9.02. The highest BCUT2D eigenvalue weighted by molar-refractivity contribution is 5.73. The van der Waals surface area contributed by atoms with Crippen molar-refractivity contribution in [3.05, 3.63) is 18.2 Å². The van der Waals surface area contributed by atoms with Crippen molar-refractivity contribution in [3.63, 3.8) is 0 Å². The molecule has 2 rings (SSSR count). The summed E-state index contributed by atoms with van der Waals surface area (Å²) in [5.74, 6) is -0.773. The van der Waals surface area contributed by atoms with Crippen molar-refractivity contribution in [2.45, 2.75) is 12.5 Å². The van der Waals surface area contributed by atoms with Crippen molar-refractivity contribution in [1.82, 2.24) is 20.2 Å².